The number of rotatable bonds is 11. The number of anilines is 1. The van der Waals surface area contributed by atoms with E-state index >= 15 is 0 Å². The quantitative estimate of drug-likeness (QED) is 0.298. The van der Waals surface area contributed by atoms with E-state index in [9.17, 15) is 4.79 Å². The van der Waals surface area contributed by atoms with E-state index in [1.54, 1.807) is 11.3 Å². The Bertz CT molecular complexity index is 1220. The largest absolute Gasteiger partial charge is 0.359 e. The molecule has 0 saturated carbocycles. The summed E-state index contributed by atoms with van der Waals surface area (Å²) in [6.45, 7) is 14.4. The van der Waals surface area contributed by atoms with Crippen molar-refractivity contribution in [1.29, 1.82) is 0 Å². The van der Waals surface area contributed by atoms with E-state index in [4.69, 9.17) is 11.6 Å². The second-order valence-corrected chi connectivity index (χ2v) is 12.4. The fourth-order valence-electron chi connectivity index (χ4n) is 5.17. The number of carbonyl (C=O) groups is 1. The third kappa shape index (κ3) is 7.53. The molecule has 2 aromatic rings. The van der Waals surface area contributed by atoms with Gasteiger partial charge < -0.3 is 15.1 Å². The van der Waals surface area contributed by atoms with Crippen molar-refractivity contribution in [3.63, 3.8) is 0 Å². The second-order valence-electron chi connectivity index (χ2n) is 11.1. The molecule has 6 heteroatoms. The van der Waals surface area contributed by atoms with Crippen molar-refractivity contribution in [2.45, 2.75) is 47.1 Å². The van der Waals surface area contributed by atoms with Gasteiger partial charge >= 0.3 is 0 Å². The summed E-state index contributed by atoms with van der Waals surface area (Å²) >= 11 is 8.19. The van der Waals surface area contributed by atoms with E-state index in [1.165, 1.54) is 17.0 Å². The number of thiophene rings is 1. The van der Waals surface area contributed by atoms with Crippen LogP contribution in [0.5, 0.6) is 0 Å². The molecule has 202 valence electrons. The number of hydrogen-bond donors (Lipinski definition) is 1. The van der Waals surface area contributed by atoms with Crippen molar-refractivity contribution in [2.24, 2.45) is 17.8 Å². The van der Waals surface area contributed by atoms with Crippen LogP contribution in [0.2, 0.25) is 0 Å². The van der Waals surface area contributed by atoms with Crippen molar-refractivity contribution in [2.75, 3.05) is 37.6 Å². The number of amides is 1. The van der Waals surface area contributed by atoms with Crippen LogP contribution in [-0.2, 0) is 6.54 Å². The molecular formula is C32H40ClN3OS. The number of benzene rings is 1. The minimum Gasteiger partial charge on any atom is -0.359 e. The Morgan fingerprint density at radius 3 is 2.55 bits per heavy atom. The molecule has 4 rings (SSSR count). The standard InChI is InChI=1S/C32H40ClN3OS/c1-23(2)19-27(24(3)4)13-16-36(31-20-28(22-38-31)29-7-5-6-8-30(29)33)21-25-9-11-26(12-10-25)32(37)35-17-14-34-15-18-35/h5,7,9-12,20,22-24,27,34H,13-19,21H2,1-4H3. The summed E-state index contributed by atoms with van der Waals surface area (Å²) in [5.74, 6) is 2.16. The van der Waals surface area contributed by atoms with Gasteiger partial charge in [-0.2, -0.15) is 0 Å². The lowest BCUT2D eigenvalue weighted by Gasteiger charge is -2.29. The minimum absolute atomic E-state index is 0.125. The maximum atomic E-state index is 12.9. The highest BCUT2D eigenvalue weighted by Crippen LogP contribution is 2.35. The van der Waals surface area contributed by atoms with Gasteiger partial charge in [0.05, 0.1) is 10.0 Å². The maximum Gasteiger partial charge on any atom is 0.253 e. The first kappa shape index (κ1) is 28.5. The van der Waals surface area contributed by atoms with Crippen molar-refractivity contribution in [1.82, 2.24) is 10.2 Å². The Morgan fingerprint density at radius 2 is 1.89 bits per heavy atom. The Balaban J connectivity index is 1.52. The van der Waals surface area contributed by atoms with E-state index in [0.717, 1.165) is 62.4 Å². The topological polar surface area (TPSA) is 35.6 Å². The number of carbonyl (C=O) groups excluding carboxylic acids is 1. The van der Waals surface area contributed by atoms with Gasteiger partial charge in [-0.25, -0.2) is 0 Å². The fraction of sp³-hybridized carbons (Fsp3) is 0.469. The Morgan fingerprint density at radius 1 is 1.16 bits per heavy atom. The molecule has 0 radical (unpaired) electrons. The summed E-state index contributed by atoms with van der Waals surface area (Å²) in [7, 11) is 0. The number of piperazine rings is 1. The lowest BCUT2D eigenvalue weighted by Crippen LogP contribution is -2.46. The van der Waals surface area contributed by atoms with Crippen molar-refractivity contribution < 1.29 is 4.79 Å². The highest BCUT2D eigenvalue weighted by atomic mass is 35.5. The van der Waals surface area contributed by atoms with Crippen LogP contribution in [0.3, 0.4) is 0 Å². The van der Waals surface area contributed by atoms with Gasteiger partial charge in [0.2, 0.25) is 0 Å². The number of nitrogens with one attached hydrogen (secondary N) is 1. The van der Waals surface area contributed by atoms with Gasteiger partial charge in [-0.3, -0.25) is 4.79 Å². The predicted molar refractivity (Wildman–Crippen MR) is 162 cm³/mol. The summed E-state index contributed by atoms with van der Waals surface area (Å²) in [5, 5.41) is 7.33. The van der Waals surface area contributed by atoms with Gasteiger partial charge in [-0.05, 0) is 77.8 Å². The van der Waals surface area contributed by atoms with Crippen molar-refractivity contribution in [3.8, 4) is 0 Å². The minimum atomic E-state index is 0.125. The van der Waals surface area contributed by atoms with Gasteiger partial charge in [0.1, 0.15) is 0 Å². The Hall–Kier alpha value is -2.52. The number of allylic oxidation sites excluding steroid dienone is 4. The zero-order chi connectivity index (χ0) is 27.1. The molecule has 1 aromatic carbocycles. The number of hydrogen-bond acceptors (Lipinski definition) is 4. The van der Waals surface area contributed by atoms with Crippen molar-refractivity contribution >= 4 is 39.4 Å². The van der Waals surface area contributed by atoms with Crippen LogP contribution in [0.25, 0.3) is 5.57 Å². The van der Waals surface area contributed by atoms with Crippen LogP contribution in [-0.4, -0.2) is 43.5 Å². The molecule has 1 aliphatic heterocycles. The molecular weight excluding hydrogens is 510 g/mol. The summed E-state index contributed by atoms with van der Waals surface area (Å²) < 4.78 is 0. The predicted octanol–water partition coefficient (Wildman–Crippen LogP) is 7.34. The Labute approximate surface area is 237 Å². The average Bonchev–Trinajstić information content (AvgIpc) is 3.40. The molecule has 4 nitrogen and oxygen atoms in total. The molecule has 2 heterocycles. The molecule has 0 spiro atoms. The smallest absolute Gasteiger partial charge is 0.253 e. The first-order chi connectivity index (χ1) is 18.3. The summed E-state index contributed by atoms with van der Waals surface area (Å²) in [4.78, 5) is 17.4. The van der Waals surface area contributed by atoms with E-state index in [-0.39, 0.29) is 5.91 Å². The third-order valence-electron chi connectivity index (χ3n) is 7.43. The first-order valence-electron chi connectivity index (χ1n) is 13.8. The number of nitrogens with zero attached hydrogens (tertiary/aromatic N) is 2. The van der Waals surface area contributed by atoms with E-state index < -0.39 is 0 Å². The molecule has 0 bridgehead atoms. The zero-order valence-electron chi connectivity index (χ0n) is 23.1. The summed E-state index contributed by atoms with van der Waals surface area (Å²) in [6.07, 6.45) is 6.26. The van der Waals surface area contributed by atoms with Crippen LogP contribution in [0, 0.1) is 17.8 Å². The van der Waals surface area contributed by atoms with Gasteiger partial charge in [-0.15, -0.1) is 11.3 Å². The van der Waals surface area contributed by atoms with Gasteiger partial charge in [0.25, 0.3) is 5.91 Å². The molecule has 1 fully saturated rings. The lowest BCUT2D eigenvalue weighted by atomic mass is 9.85. The number of halogens is 1. The van der Waals surface area contributed by atoms with Gasteiger partial charge in [0, 0.05) is 55.8 Å². The van der Waals surface area contributed by atoms with Gasteiger partial charge in [-0.1, -0.05) is 57.2 Å². The average molecular weight is 550 g/mol. The molecule has 38 heavy (non-hydrogen) atoms. The van der Waals surface area contributed by atoms with E-state index in [1.807, 2.05) is 29.2 Å². The van der Waals surface area contributed by atoms with E-state index in [2.05, 4.69) is 73.0 Å². The molecule has 1 saturated heterocycles. The normalized spacial score (nSPS) is 16.1. The SMILES string of the molecule is CC(C)CC(CCN(Cc1ccc(C(=O)N2CCNCC2)cc1)c1cc(C2=CC=C=C=C2Cl)cs1)C(C)C. The summed E-state index contributed by atoms with van der Waals surface area (Å²) in [5.41, 5.74) is 10.00. The first-order valence-corrected chi connectivity index (χ1v) is 15.1. The lowest BCUT2D eigenvalue weighted by molar-refractivity contribution is 0.0736. The molecule has 1 aliphatic carbocycles. The zero-order valence-corrected chi connectivity index (χ0v) is 24.7. The second kappa shape index (κ2) is 13.5. The third-order valence-corrected chi connectivity index (χ3v) is 8.71. The molecule has 1 atom stereocenters. The molecule has 1 aromatic heterocycles. The molecule has 1 amide bonds. The molecule has 1 unspecified atom stereocenters. The van der Waals surface area contributed by atoms with Crippen LogP contribution < -0.4 is 10.2 Å². The fourth-order valence-corrected chi connectivity index (χ4v) is 6.34. The van der Waals surface area contributed by atoms with Crippen LogP contribution in [0.15, 0.2) is 64.4 Å². The highest BCUT2D eigenvalue weighted by molar-refractivity contribution is 7.14. The molecule has 2 aliphatic rings. The highest BCUT2D eigenvalue weighted by Gasteiger charge is 2.21. The van der Waals surface area contributed by atoms with Crippen molar-refractivity contribution in [3.05, 3.63) is 81.0 Å². The molecule has 1 N–H and O–H groups in total. The van der Waals surface area contributed by atoms with Gasteiger partial charge in [0.15, 0.2) is 0 Å². The van der Waals surface area contributed by atoms with Crippen LogP contribution in [0.1, 0.15) is 62.0 Å². The van der Waals surface area contributed by atoms with Crippen LogP contribution >= 0.6 is 22.9 Å². The summed E-state index contributed by atoms with van der Waals surface area (Å²) in [6, 6.07) is 10.5. The Kier molecular flexibility index (Phi) is 10.1. The van der Waals surface area contributed by atoms with Crippen LogP contribution in [0.4, 0.5) is 5.00 Å². The monoisotopic (exact) mass is 549 g/mol. The van der Waals surface area contributed by atoms with E-state index in [0.29, 0.717) is 22.8 Å². The maximum absolute atomic E-state index is 12.9.